The maximum atomic E-state index is 4.47. The predicted octanol–water partition coefficient (Wildman–Crippen LogP) is 3.33. The first kappa shape index (κ1) is 14.4. The molecule has 0 unspecified atom stereocenters. The molecule has 3 aromatic rings. The summed E-state index contributed by atoms with van der Waals surface area (Å²) < 4.78 is 0. The number of aryl methyl sites for hydroxylation is 1. The molecule has 23 heavy (non-hydrogen) atoms. The summed E-state index contributed by atoms with van der Waals surface area (Å²) in [7, 11) is 0. The summed E-state index contributed by atoms with van der Waals surface area (Å²) >= 11 is 0. The Morgan fingerprint density at radius 3 is 3.00 bits per heavy atom. The van der Waals surface area contributed by atoms with Crippen LogP contribution < -0.4 is 0 Å². The molecule has 1 fully saturated rings. The van der Waals surface area contributed by atoms with E-state index in [2.05, 4.69) is 57.3 Å². The van der Waals surface area contributed by atoms with Crippen LogP contribution >= 0.6 is 0 Å². The Kier molecular flexibility index (Phi) is 3.83. The number of para-hydroxylation sites is 1. The molecule has 0 spiro atoms. The van der Waals surface area contributed by atoms with E-state index < -0.39 is 0 Å². The second-order valence-electron chi connectivity index (χ2n) is 6.60. The zero-order valence-electron chi connectivity index (χ0n) is 13.5. The molecule has 1 N–H and O–H groups in total. The third-order valence-corrected chi connectivity index (χ3v) is 4.95. The van der Waals surface area contributed by atoms with Gasteiger partial charge in [-0.2, -0.15) is 5.10 Å². The highest BCUT2D eigenvalue weighted by Crippen LogP contribution is 2.26. The van der Waals surface area contributed by atoms with E-state index in [0.717, 1.165) is 24.4 Å². The predicted molar refractivity (Wildman–Crippen MR) is 92.2 cm³/mol. The minimum atomic E-state index is 0.730. The van der Waals surface area contributed by atoms with Crippen molar-refractivity contribution >= 4 is 10.9 Å². The second kappa shape index (κ2) is 6.13. The third-order valence-electron chi connectivity index (χ3n) is 4.95. The number of hydrogen-bond acceptors (Lipinski definition) is 3. The molecule has 1 aliphatic heterocycles. The van der Waals surface area contributed by atoms with Crippen molar-refractivity contribution in [3.05, 3.63) is 59.5 Å². The summed E-state index contributed by atoms with van der Waals surface area (Å²) in [5.41, 5.74) is 5.05. The highest BCUT2D eigenvalue weighted by Gasteiger charge is 2.23. The van der Waals surface area contributed by atoms with Gasteiger partial charge < -0.3 is 0 Å². The Morgan fingerprint density at radius 1 is 1.22 bits per heavy atom. The average Bonchev–Trinajstić information content (AvgIpc) is 3.18. The fourth-order valence-electron chi connectivity index (χ4n) is 3.64. The van der Waals surface area contributed by atoms with Gasteiger partial charge in [0.15, 0.2) is 0 Å². The Balaban J connectivity index is 1.45. The molecule has 0 aliphatic carbocycles. The van der Waals surface area contributed by atoms with Crippen molar-refractivity contribution in [1.82, 2.24) is 20.1 Å². The van der Waals surface area contributed by atoms with Crippen molar-refractivity contribution in [2.45, 2.75) is 26.3 Å². The van der Waals surface area contributed by atoms with Crippen molar-refractivity contribution in [1.29, 1.82) is 0 Å². The van der Waals surface area contributed by atoms with E-state index in [0.29, 0.717) is 0 Å². The largest absolute Gasteiger partial charge is 0.299 e. The lowest BCUT2D eigenvalue weighted by Crippen LogP contribution is -2.20. The molecule has 0 radical (unpaired) electrons. The number of benzene rings is 1. The summed E-state index contributed by atoms with van der Waals surface area (Å²) in [4.78, 5) is 7.02. The first-order chi connectivity index (χ1) is 11.3. The zero-order chi connectivity index (χ0) is 15.6. The van der Waals surface area contributed by atoms with Crippen LogP contribution in [-0.2, 0) is 13.0 Å². The first-order valence-electron chi connectivity index (χ1n) is 8.33. The van der Waals surface area contributed by atoms with Crippen LogP contribution in [0.1, 0.15) is 23.2 Å². The topological polar surface area (TPSA) is 44.8 Å². The highest BCUT2D eigenvalue weighted by atomic mass is 15.2. The molecule has 4 heteroatoms. The van der Waals surface area contributed by atoms with Crippen LogP contribution in [-0.4, -0.2) is 33.2 Å². The van der Waals surface area contributed by atoms with Crippen molar-refractivity contribution in [2.75, 3.05) is 13.1 Å². The second-order valence-corrected chi connectivity index (χ2v) is 6.60. The van der Waals surface area contributed by atoms with Gasteiger partial charge in [0.25, 0.3) is 0 Å². The fourth-order valence-corrected chi connectivity index (χ4v) is 3.64. The number of pyridine rings is 1. The molecule has 1 saturated heterocycles. The fraction of sp³-hybridized carbons (Fsp3) is 0.368. The van der Waals surface area contributed by atoms with Gasteiger partial charge in [-0.25, -0.2) is 0 Å². The number of aromatic amines is 1. The van der Waals surface area contributed by atoms with Crippen molar-refractivity contribution < 1.29 is 0 Å². The summed E-state index contributed by atoms with van der Waals surface area (Å²) in [6.07, 6.45) is 6.32. The maximum Gasteiger partial charge on any atom is 0.0704 e. The van der Waals surface area contributed by atoms with Gasteiger partial charge in [0.1, 0.15) is 0 Å². The van der Waals surface area contributed by atoms with Gasteiger partial charge in [-0.1, -0.05) is 18.2 Å². The maximum absolute atomic E-state index is 4.47. The van der Waals surface area contributed by atoms with Crippen LogP contribution in [0.2, 0.25) is 0 Å². The number of fused-ring (bicyclic) bond motifs is 1. The summed E-state index contributed by atoms with van der Waals surface area (Å²) in [6, 6.07) is 10.6. The van der Waals surface area contributed by atoms with Crippen LogP contribution in [0, 0.1) is 12.8 Å². The minimum Gasteiger partial charge on any atom is -0.299 e. The third kappa shape index (κ3) is 2.99. The van der Waals surface area contributed by atoms with Gasteiger partial charge in [0, 0.05) is 35.9 Å². The van der Waals surface area contributed by atoms with E-state index in [1.54, 1.807) is 0 Å². The first-order valence-corrected chi connectivity index (χ1v) is 8.33. The number of H-pyrrole nitrogens is 1. The summed E-state index contributed by atoms with van der Waals surface area (Å²) in [6.45, 7) is 5.45. The number of rotatable bonds is 4. The molecular formula is C19H22N4. The van der Waals surface area contributed by atoms with Gasteiger partial charge in [-0.15, -0.1) is 0 Å². The number of hydrogen-bond donors (Lipinski definition) is 1. The standard InChI is InChI=1S/C19H22N4/c1-14-17(11-21-22-14)13-23-9-7-15(12-23)10-16-6-8-20-19-5-3-2-4-18(16)19/h2-6,8,11,15H,7,9-10,12-13H2,1H3,(H,21,22)/t15-/m0/s1. The van der Waals surface area contributed by atoms with Crippen molar-refractivity contribution in [3.8, 4) is 0 Å². The van der Waals surface area contributed by atoms with E-state index in [4.69, 9.17) is 0 Å². The van der Waals surface area contributed by atoms with Gasteiger partial charge in [-0.05, 0) is 49.9 Å². The molecule has 2 aromatic heterocycles. The lowest BCUT2D eigenvalue weighted by Gasteiger charge is -2.16. The van der Waals surface area contributed by atoms with E-state index in [1.807, 2.05) is 12.4 Å². The highest BCUT2D eigenvalue weighted by molar-refractivity contribution is 5.81. The van der Waals surface area contributed by atoms with E-state index >= 15 is 0 Å². The van der Waals surface area contributed by atoms with Crippen LogP contribution in [0.4, 0.5) is 0 Å². The quantitative estimate of drug-likeness (QED) is 0.804. The van der Waals surface area contributed by atoms with Crippen LogP contribution in [0.5, 0.6) is 0 Å². The van der Waals surface area contributed by atoms with Gasteiger partial charge in [-0.3, -0.25) is 15.0 Å². The molecule has 4 rings (SSSR count). The number of aromatic nitrogens is 3. The number of nitrogens with zero attached hydrogens (tertiary/aromatic N) is 3. The van der Waals surface area contributed by atoms with Gasteiger partial charge in [0.05, 0.1) is 11.7 Å². The SMILES string of the molecule is Cc1[nH]ncc1CN1CC[C@@H](Cc2ccnc3ccccc23)C1. The van der Waals surface area contributed by atoms with Gasteiger partial charge in [0.2, 0.25) is 0 Å². The number of nitrogens with one attached hydrogen (secondary N) is 1. The van der Waals surface area contributed by atoms with Crippen LogP contribution in [0.25, 0.3) is 10.9 Å². The molecule has 0 amide bonds. The molecule has 0 bridgehead atoms. The minimum absolute atomic E-state index is 0.730. The van der Waals surface area contributed by atoms with Crippen LogP contribution in [0.15, 0.2) is 42.7 Å². The van der Waals surface area contributed by atoms with Crippen molar-refractivity contribution in [3.63, 3.8) is 0 Å². The summed E-state index contributed by atoms with van der Waals surface area (Å²) in [5.74, 6) is 0.730. The molecule has 118 valence electrons. The van der Waals surface area contributed by atoms with E-state index in [9.17, 15) is 0 Å². The molecule has 1 aromatic carbocycles. The van der Waals surface area contributed by atoms with E-state index in [1.165, 1.54) is 41.7 Å². The van der Waals surface area contributed by atoms with Crippen molar-refractivity contribution in [2.24, 2.45) is 5.92 Å². The smallest absolute Gasteiger partial charge is 0.0704 e. The Hall–Kier alpha value is -2.20. The molecule has 1 atom stereocenters. The molecule has 1 aliphatic rings. The lowest BCUT2D eigenvalue weighted by molar-refractivity contribution is 0.316. The normalized spacial score (nSPS) is 18.7. The van der Waals surface area contributed by atoms with Gasteiger partial charge >= 0.3 is 0 Å². The molecule has 4 nitrogen and oxygen atoms in total. The Morgan fingerprint density at radius 2 is 2.13 bits per heavy atom. The molecular weight excluding hydrogens is 284 g/mol. The molecule has 3 heterocycles. The van der Waals surface area contributed by atoms with Crippen LogP contribution in [0.3, 0.4) is 0 Å². The molecule has 0 saturated carbocycles. The Labute approximate surface area is 136 Å². The van der Waals surface area contributed by atoms with E-state index in [-0.39, 0.29) is 0 Å². The zero-order valence-corrected chi connectivity index (χ0v) is 13.5. The Bertz CT molecular complexity index is 802. The monoisotopic (exact) mass is 306 g/mol. The summed E-state index contributed by atoms with van der Waals surface area (Å²) in [5, 5.41) is 8.46. The number of likely N-dealkylation sites (tertiary alicyclic amines) is 1. The average molecular weight is 306 g/mol. The lowest BCUT2D eigenvalue weighted by atomic mass is 9.96.